The second-order valence-electron chi connectivity index (χ2n) is 4.06. The molecule has 0 saturated heterocycles. The third kappa shape index (κ3) is 2.38. The zero-order valence-corrected chi connectivity index (χ0v) is 10.7. The van der Waals surface area contributed by atoms with E-state index in [1.807, 2.05) is 43.4 Å². The smallest absolute Gasteiger partial charge is 0.159 e. The minimum absolute atomic E-state index is 0.770. The number of aromatic nitrogens is 2. The topological polar surface area (TPSA) is 25.8 Å². The lowest BCUT2D eigenvalue weighted by Gasteiger charge is -2.07. The van der Waals surface area contributed by atoms with Crippen LogP contribution in [0.5, 0.6) is 0 Å². The molecule has 90 valence electrons. The van der Waals surface area contributed by atoms with Gasteiger partial charge in [-0.2, -0.15) is 0 Å². The molecule has 18 heavy (non-hydrogen) atoms. The number of nitrogens with zero attached hydrogens (tertiary/aromatic N) is 2. The Morgan fingerprint density at radius 3 is 2.94 bits per heavy atom. The number of fused-ring (bicyclic) bond motifs is 1. The van der Waals surface area contributed by atoms with E-state index < -0.39 is 0 Å². The lowest BCUT2D eigenvalue weighted by molar-refractivity contribution is 1.22. The van der Waals surface area contributed by atoms with Gasteiger partial charge in [-0.1, -0.05) is 30.9 Å². The zero-order chi connectivity index (χ0) is 13.0. The first-order chi connectivity index (χ1) is 8.76. The van der Waals surface area contributed by atoms with Crippen LogP contribution in [0.1, 0.15) is 18.2 Å². The molecule has 0 N–H and O–H groups in total. The molecule has 0 fully saturated rings. The summed E-state index contributed by atoms with van der Waals surface area (Å²) in [4.78, 5) is 8.90. The predicted molar refractivity (Wildman–Crippen MR) is 77.3 cm³/mol. The molecule has 0 aliphatic carbocycles. The molecule has 2 nitrogen and oxygen atoms in total. The van der Waals surface area contributed by atoms with Gasteiger partial charge in [0.05, 0.1) is 5.69 Å². The van der Waals surface area contributed by atoms with Crippen molar-refractivity contribution in [1.29, 1.82) is 0 Å². The van der Waals surface area contributed by atoms with Gasteiger partial charge in [-0.25, -0.2) is 9.97 Å². The van der Waals surface area contributed by atoms with Crippen molar-refractivity contribution in [2.45, 2.75) is 13.8 Å². The largest absolute Gasteiger partial charge is 0.237 e. The van der Waals surface area contributed by atoms with E-state index in [-0.39, 0.29) is 0 Å². The van der Waals surface area contributed by atoms with Crippen LogP contribution < -0.4 is 0 Å². The molecular formula is C16H16N2. The van der Waals surface area contributed by atoms with Crippen molar-refractivity contribution in [3.8, 4) is 0 Å². The fourth-order valence-electron chi connectivity index (χ4n) is 1.85. The van der Waals surface area contributed by atoms with Gasteiger partial charge < -0.3 is 0 Å². The number of hydrogen-bond acceptors (Lipinski definition) is 2. The predicted octanol–water partition coefficient (Wildman–Crippen LogP) is 4.08. The summed E-state index contributed by atoms with van der Waals surface area (Å²) in [7, 11) is 0. The SMILES string of the molecule is C=C/C(=C\C=C/C)c1nc2ncccc2cc1C. The molecule has 0 amide bonds. The fourth-order valence-corrected chi connectivity index (χ4v) is 1.85. The van der Waals surface area contributed by atoms with Crippen LogP contribution in [0.15, 0.2) is 55.3 Å². The van der Waals surface area contributed by atoms with Gasteiger partial charge in [0.15, 0.2) is 5.65 Å². The number of hydrogen-bond donors (Lipinski definition) is 0. The molecule has 2 heterocycles. The standard InChI is InChI=1S/C16H16N2/c1-4-6-8-13(5-2)15-12(3)11-14-9-7-10-17-16(14)18-15/h4-11H,2H2,1,3H3/b6-4-,13-8+. The maximum absolute atomic E-state index is 4.61. The highest BCUT2D eigenvalue weighted by Gasteiger charge is 2.06. The van der Waals surface area contributed by atoms with Crippen LogP contribution in [0.25, 0.3) is 16.6 Å². The summed E-state index contributed by atoms with van der Waals surface area (Å²) in [5.41, 5.74) is 3.85. The molecule has 0 aromatic carbocycles. The maximum atomic E-state index is 4.61. The highest BCUT2D eigenvalue weighted by atomic mass is 14.8. The van der Waals surface area contributed by atoms with Crippen LogP contribution in [-0.4, -0.2) is 9.97 Å². The number of rotatable bonds is 3. The number of pyridine rings is 2. The van der Waals surface area contributed by atoms with Gasteiger partial charge in [0.25, 0.3) is 0 Å². The molecule has 0 aliphatic rings. The summed E-state index contributed by atoms with van der Waals surface area (Å²) >= 11 is 0. The van der Waals surface area contributed by atoms with Crippen LogP contribution in [0.2, 0.25) is 0 Å². The van der Waals surface area contributed by atoms with E-state index in [4.69, 9.17) is 0 Å². The van der Waals surface area contributed by atoms with Gasteiger partial charge in [-0.05, 0) is 43.2 Å². The van der Waals surface area contributed by atoms with Crippen LogP contribution in [0.3, 0.4) is 0 Å². The first-order valence-corrected chi connectivity index (χ1v) is 5.94. The van der Waals surface area contributed by atoms with Crippen LogP contribution in [0.4, 0.5) is 0 Å². The Labute approximate surface area is 107 Å². The monoisotopic (exact) mass is 236 g/mol. The second kappa shape index (κ2) is 5.41. The van der Waals surface area contributed by atoms with Gasteiger partial charge >= 0.3 is 0 Å². The lowest BCUT2D eigenvalue weighted by Crippen LogP contribution is -1.94. The molecule has 0 atom stereocenters. The first-order valence-electron chi connectivity index (χ1n) is 5.94. The van der Waals surface area contributed by atoms with Crippen molar-refractivity contribution in [1.82, 2.24) is 9.97 Å². The zero-order valence-electron chi connectivity index (χ0n) is 10.7. The Kier molecular flexibility index (Phi) is 3.68. The Morgan fingerprint density at radius 1 is 1.39 bits per heavy atom. The molecule has 2 heteroatoms. The molecule has 2 aromatic heterocycles. The number of allylic oxidation sites excluding steroid dienone is 5. The Hall–Kier alpha value is -2.22. The Balaban J connectivity index is 2.63. The molecule has 2 aromatic rings. The molecular weight excluding hydrogens is 220 g/mol. The van der Waals surface area contributed by atoms with E-state index in [1.165, 1.54) is 0 Å². The molecule has 0 spiro atoms. The van der Waals surface area contributed by atoms with Gasteiger partial charge in [-0.15, -0.1) is 0 Å². The summed E-state index contributed by atoms with van der Waals surface area (Å²) in [6.07, 6.45) is 9.57. The van der Waals surface area contributed by atoms with E-state index >= 15 is 0 Å². The van der Waals surface area contributed by atoms with E-state index in [0.717, 1.165) is 27.9 Å². The van der Waals surface area contributed by atoms with Crippen molar-refractivity contribution >= 4 is 16.6 Å². The van der Waals surface area contributed by atoms with Gasteiger partial charge in [0.1, 0.15) is 0 Å². The Bertz CT molecular complexity index is 637. The van der Waals surface area contributed by atoms with Gasteiger partial charge in [0, 0.05) is 11.6 Å². The van der Waals surface area contributed by atoms with Crippen molar-refractivity contribution in [3.63, 3.8) is 0 Å². The highest BCUT2D eigenvalue weighted by molar-refractivity contribution is 5.82. The Morgan fingerprint density at radius 2 is 2.22 bits per heavy atom. The summed E-state index contributed by atoms with van der Waals surface area (Å²) in [5, 5.41) is 1.06. The quantitative estimate of drug-likeness (QED) is 0.750. The third-order valence-electron chi connectivity index (χ3n) is 2.74. The molecule has 0 saturated carbocycles. The minimum atomic E-state index is 0.770. The summed E-state index contributed by atoms with van der Waals surface area (Å²) in [6.45, 7) is 7.89. The van der Waals surface area contributed by atoms with Crippen molar-refractivity contribution < 1.29 is 0 Å². The van der Waals surface area contributed by atoms with E-state index in [1.54, 1.807) is 6.20 Å². The van der Waals surface area contributed by atoms with Gasteiger partial charge in [0.2, 0.25) is 0 Å². The lowest BCUT2D eigenvalue weighted by atomic mass is 10.1. The van der Waals surface area contributed by atoms with Crippen molar-refractivity contribution in [2.24, 2.45) is 0 Å². The van der Waals surface area contributed by atoms with E-state index in [9.17, 15) is 0 Å². The molecule has 2 rings (SSSR count). The fraction of sp³-hybridized carbons (Fsp3) is 0.125. The van der Waals surface area contributed by atoms with E-state index in [0.29, 0.717) is 0 Å². The second-order valence-corrected chi connectivity index (χ2v) is 4.06. The first kappa shape index (κ1) is 12.2. The van der Waals surface area contributed by atoms with Gasteiger partial charge in [-0.3, -0.25) is 0 Å². The molecule has 0 aliphatic heterocycles. The average Bonchev–Trinajstić information content (AvgIpc) is 2.40. The summed E-state index contributed by atoms with van der Waals surface area (Å²) in [5.74, 6) is 0. The van der Waals surface area contributed by atoms with Crippen LogP contribution in [0, 0.1) is 6.92 Å². The third-order valence-corrected chi connectivity index (χ3v) is 2.74. The molecule has 0 unspecified atom stereocenters. The molecule has 0 radical (unpaired) electrons. The normalized spacial score (nSPS) is 12.2. The highest BCUT2D eigenvalue weighted by Crippen LogP contribution is 2.21. The molecule has 0 bridgehead atoms. The maximum Gasteiger partial charge on any atom is 0.159 e. The minimum Gasteiger partial charge on any atom is -0.237 e. The van der Waals surface area contributed by atoms with Crippen molar-refractivity contribution in [3.05, 3.63) is 66.5 Å². The number of aryl methyl sites for hydroxylation is 1. The van der Waals surface area contributed by atoms with Crippen LogP contribution >= 0.6 is 0 Å². The van der Waals surface area contributed by atoms with E-state index in [2.05, 4.69) is 29.5 Å². The summed E-state index contributed by atoms with van der Waals surface area (Å²) in [6, 6.07) is 6.06. The summed E-state index contributed by atoms with van der Waals surface area (Å²) < 4.78 is 0. The average molecular weight is 236 g/mol. The van der Waals surface area contributed by atoms with Crippen LogP contribution in [-0.2, 0) is 0 Å². The van der Waals surface area contributed by atoms with Crippen molar-refractivity contribution in [2.75, 3.05) is 0 Å².